The van der Waals surface area contributed by atoms with Crippen molar-refractivity contribution < 1.29 is 9.59 Å². The van der Waals surface area contributed by atoms with Crippen LogP contribution in [0.4, 0.5) is 0 Å². The van der Waals surface area contributed by atoms with Crippen molar-refractivity contribution >= 4 is 29.6 Å². The molecule has 3 heterocycles. The van der Waals surface area contributed by atoms with Crippen LogP contribution < -0.4 is 0 Å². The van der Waals surface area contributed by atoms with Crippen molar-refractivity contribution in [3.05, 3.63) is 47.5 Å². The largest absolute Gasteiger partial charge is 0.273 e. The van der Waals surface area contributed by atoms with Crippen molar-refractivity contribution in [1.82, 2.24) is 9.29 Å². The van der Waals surface area contributed by atoms with Gasteiger partial charge in [0.05, 0.1) is 11.3 Å². The summed E-state index contributed by atoms with van der Waals surface area (Å²) in [4.78, 5) is 32.2. The number of benzene rings is 1. The van der Waals surface area contributed by atoms with Crippen LogP contribution in [0.3, 0.4) is 0 Å². The number of hydrogen-bond acceptors (Lipinski definition) is 4. The van der Waals surface area contributed by atoms with Crippen LogP contribution in [0.2, 0.25) is 0 Å². The maximum absolute atomic E-state index is 12.0. The third-order valence-corrected chi connectivity index (χ3v) is 4.63. The molecular weight excluding hydrogens is 298 g/mol. The molecule has 0 saturated heterocycles. The summed E-state index contributed by atoms with van der Waals surface area (Å²) in [5.41, 5.74) is 3.61. The molecule has 0 N–H and O–H groups in total. The number of fused-ring (bicyclic) bond motifs is 3. The third-order valence-electron chi connectivity index (χ3n) is 3.61. The molecule has 22 heavy (non-hydrogen) atoms. The fourth-order valence-electron chi connectivity index (χ4n) is 2.60. The molecule has 0 atom stereocenters. The van der Waals surface area contributed by atoms with Crippen molar-refractivity contribution in [2.75, 3.05) is 0 Å². The molecule has 1 aromatic carbocycles. The highest BCUT2D eigenvalue weighted by Gasteiger charge is 2.38. The summed E-state index contributed by atoms with van der Waals surface area (Å²) in [6, 6.07) is 11.8. The molecule has 5 nitrogen and oxygen atoms in total. The van der Waals surface area contributed by atoms with Crippen LogP contribution in [-0.2, 0) is 9.59 Å². The molecule has 2 aliphatic rings. The second-order valence-electron chi connectivity index (χ2n) is 5.16. The second-order valence-corrected chi connectivity index (χ2v) is 6.09. The zero-order chi connectivity index (χ0) is 15.3. The minimum atomic E-state index is -0.392. The van der Waals surface area contributed by atoms with E-state index in [1.165, 1.54) is 16.3 Å². The summed E-state index contributed by atoms with van der Waals surface area (Å²) >= 11 is 1.24. The highest BCUT2D eigenvalue weighted by molar-refractivity contribution is 7.98. The lowest BCUT2D eigenvalue weighted by Crippen LogP contribution is -2.34. The predicted molar refractivity (Wildman–Crippen MR) is 83.3 cm³/mol. The Morgan fingerprint density at radius 2 is 1.95 bits per heavy atom. The van der Waals surface area contributed by atoms with E-state index in [-0.39, 0.29) is 12.3 Å². The van der Waals surface area contributed by atoms with Gasteiger partial charge in [0.2, 0.25) is 5.91 Å². The molecule has 6 heteroatoms. The molecule has 0 spiro atoms. The molecule has 2 aliphatic heterocycles. The van der Waals surface area contributed by atoms with Crippen LogP contribution in [0.25, 0.3) is 11.3 Å². The van der Waals surface area contributed by atoms with E-state index in [0.717, 1.165) is 27.4 Å². The number of amidine groups is 1. The summed E-state index contributed by atoms with van der Waals surface area (Å²) in [5, 5.41) is 0.723. The van der Waals surface area contributed by atoms with Gasteiger partial charge >= 0.3 is 0 Å². The monoisotopic (exact) mass is 309 g/mol. The average molecular weight is 309 g/mol. The van der Waals surface area contributed by atoms with Gasteiger partial charge < -0.3 is 0 Å². The zero-order valence-corrected chi connectivity index (χ0v) is 12.6. The maximum atomic E-state index is 12.0. The van der Waals surface area contributed by atoms with Gasteiger partial charge in [-0.15, -0.1) is 0 Å². The van der Waals surface area contributed by atoms with Crippen molar-refractivity contribution in [1.29, 1.82) is 0 Å². The van der Waals surface area contributed by atoms with Crippen LogP contribution in [0.5, 0.6) is 0 Å². The van der Waals surface area contributed by atoms with E-state index in [1.54, 1.807) is 0 Å². The summed E-state index contributed by atoms with van der Waals surface area (Å²) in [6.07, 6.45) is -0.172. The van der Waals surface area contributed by atoms with Crippen LogP contribution in [0, 0.1) is 6.92 Å². The smallest absolute Gasteiger partial charge is 0.257 e. The molecule has 2 aromatic rings. The van der Waals surface area contributed by atoms with Gasteiger partial charge in [-0.05, 0) is 18.6 Å². The first kappa shape index (κ1) is 13.2. The summed E-state index contributed by atoms with van der Waals surface area (Å²) in [5.74, 6) is -0.208. The number of nitrogens with zero attached hydrogens (tertiary/aromatic N) is 3. The van der Waals surface area contributed by atoms with Gasteiger partial charge in [0.15, 0.2) is 5.84 Å². The standard InChI is InChI=1S/C16H11N3O2S/c1-9-7-11(10-5-3-2-4-6-10)17-16-14(9)15-18-12(20)8-13(21)19(15)22-16/h2-7H,8H2,1H3. The van der Waals surface area contributed by atoms with Crippen molar-refractivity contribution in [3.8, 4) is 11.3 Å². The van der Waals surface area contributed by atoms with Gasteiger partial charge in [-0.25, -0.2) is 9.29 Å². The lowest BCUT2D eigenvalue weighted by molar-refractivity contribution is -0.130. The molecule has 0 aliphatic carbocycles. The van der Waals surface area contributed by atoms with Crippen molar-refractivity contribution in [3.63, 3.8) is 0 Å². The Hall–Kier alpha value is -2.47. The first-order chi connectivity index (χ1) is 10.6. The van der Waals surface area contributed by atoms with Crippen LogP contribution in [0.1, 0.15) is 17.5 Å². The third kappa shape index (κ3) is 1.95. The van der Waals surface area contributed by atoms with E-state index in [4.69, 9.17) is 0 Å². The molecule has 108 valence electrons. The van der Waals surface area contributed by atoms with E-state index < -0.39 is 5.91 Å². The molecule has 0 radical (unpaired) electrons. The van der Waals surface area contributed by atoms with Crippen LogP contribution in [0.15, 0.2) is 46.4 Å². The average Bonchev–Trinajstić information content (AvgIpc) is 2.87. The van der Waals surface area contributed by atoms with Crippen LogP contribution >= 0.6 is 11.9 Å². The molecule has 0 fully saturated rings. The maximum Gasteiger partial charge on any atom is 0.257 e. The number of aryl methyl sites for hydroxylation is 1. The Bertz CT molecular complexity index is 846. The topological polar surface area (TPSA) is 62.6 Å². The number of aromatic nitrogens is 1. The van der Waals surface area contributed by atoms with Crippen molar-refractivity contribution in [2.45, 2.75) is 18.4 Å². The van der Waals surface area contributed by atoms with Gasteiger partial charge in [0, 0.05) is 17.5 Å². The molecule has 0 unspecified atom stereocenters. The van der Waals surface area contributed by atoms with Gasteiger partial charge in [-0.1, -0.05) is 30.3 Å². The lowest BCUT2D eigenvalue weighted by Gasteiger charge is -2.17. The number of hydrogen-bond donors (Lipinski definition) is 0. The second kappa shape index (κ2) is 4.78. The van der Waals surface area contributed by atoms with Gasteiger partial charge in [0.1, 0.15) is 11.4 Å². The summed E-state index contributed by atoms with van der Waals surface area (Å²) in [7, 11) is 0. The molecule has 2 amide bonds. The Balaban J connectivity index is 1.87. The predicted octanol–water partition coefficient (Wildman–Crippen LogP) is 2.58. The first-order valence-electron chi connectivity index (χ1n) is 6.83. The molecule has 0 bridgehead atoms. The first-order valence-corrected chi connectivity index (χ1v) is 7.61. The van der Waals surface area contributed by atoms with Crippen LogP contribution in [-0.4, -0.2) is 26.9 Å². The Kier molecular flexibility index (Phi) is 2.87. The molecular formula is C16H11N3O2S. The minimum absolute atomic E-state index is 0.172. The van der Waals surface area contributed by atoms with Gasteiger partial charge in [-0.2, -0.15) is 4.99 Å². The number of rotatable bonds is 1. The van der Waals surface area contributed by atoms with E-state index in [1.807, 2.05) is 43.3 Å². The molecule has 0 saturated carbocycles. The van der Waals surface area contributed by atoms with E-state index in [9.17, 15) is 9.59 Å². The number of amides is 2. The number of aliphatic imine (C=N–C) groups is 1. The lowest BCUT2D eigenvalue weighted by atomic mass is 10.1. The molecule has 1 aromatic heterocycles. The Labute approximate surface area is 131 Å². The summed E-state index contributed by atoms with van der Waals surface area (Å²) < 4.78 is 1.47. The quantitative estimate of drug-likeness (QED) is 0.600. The molecule has 4 rings (SSSR count). The SMILES string of the molecule is Cc1cc(-c2ccccc2)nc2c1C1=NC(=O)CC(=O)N1S2. The highest BCUT2D eigenvalue weighted by atomic mass is 32.2. The zero-order valence-electron chi connectivity index (χ0n) is 11.7. The fourth-order valence-corrected chi connectivity index (χ4v) is 3.64. The number of carbonyl (C=O) groups excluding carboxylic acids is 2. The normalized spacial score (nSPS) is 16.4. The number of pyridine rings is 1. The van der Waals surface area contributed by atoms with E-state index in [0.29, 0.717) is 5.84 Å². The van der Waals surface area contributed by atoms with E-state index >= 15 is 0 Å². The minimum Gasteiger partial charge on any atom is -0.273 e. The van der Waals surface area contributed by atoms with Crippen molar-refractivity contribution in [2.24, 2.45) is 4.99 Å². The highest BCUT2D eigenvalue weighted by Crippen LogP contribution is 2.40. The Morgan fingerprint density at radius 3 is 2.73 bits per heavy atom. The van der Waals surface area contributed by atoms with E-state index in [2.05, 4.69) is 9.98 Å². The number of carbonyl (C=O) groups is 2. The Morgan fingerprint density at radius 1 is 1.18 bits per heavy atom. The van der Waals surface area contributed by atoms with Gasteiger partial charge in [0.25, 0.3) is 5.91 Å². The van der Waals surface area contributed by atoms with Gasteiger partial charge in [-0.3, -0.25) is 9.59 Å². The fraction of sp³-hybridized carbons (Fsp3) is 0.125. The summed E-state index contributed by atoms with van der Waals surface area (Å²) in [6.45, 7) is 1.95.